The maximum Gasteiger partial charge on any atom is 0.252 e. The van der Waals surface area contributed by atoms with Crippen molar-refractivity contribution in [3.8, 4) is 11.8 Å². The van der Waals surface area contributed by atoms with Crippen LogP contribution in [-0.4, -0.2) is 29.1 Å². The molecule has 1 amide bonds. The fourth-order valence-corrected chi connectivity index (χ4v) is 2.04. The van der Waals surface area contributed by atoms with E-state index in [1.807, 2.05) is 0 Å². The van der Waals surface area contributed by atoms with Crippen LogP contribution in [0.15, 0.2) is 18.5 Å². The Balaban J connectivity index is 1.92. The van der Waals surface area contributed by atoms with Gasteiger partial charge in [-0.05, 0) is 30.7 Å². The van der Waals surface area contributed by atoms with Crippen LogP contribution in [0.25, 0.3) is 0 Å². The molecule has 0 radical (unpaired) electrons. The smallest absolute Gasteiger partial charge is 0.252 e. The van der Waals surface area contributed by atoms with Gasteiger partial charge in [0.1, 0.15) is 0 Å². The van der Waals surface area contributed by atoms with E-state index in [1.54, 1.807) is 18.5 Å². The summed E-state index contributed by atoms with van der Waals surface area (Å²) in [5, 5.41) is 11.6. The molecule has 0 saturated heterocycles. The third-order valence-electron chi connectivity index (χ3n) is 3.48. The predicted octanol–water partition coefficient (Wildman–Crippen LogP) is 1.59. The van der Waals surface area contributed by atoms with Gasteiger partial charge in [-0.3, -0.25) is 9.78 Å². The Hall–Kier alpha value is -1.86. The summed E-state index contributed by atoms with van der Waals surface area (Å²) in [6, 6.07) is 1.73. The van der Waals surface area contributed by atoms with Gasteiger partial charge in [-0.1, -0.05) is 18.8 Å². The summed E-state index contributed by atoms with van der Waals surface area (Å²) in [5.74, 6) is 6.92. The van der Waals surface area contributed by atoms with Crippen molar-refractivity contribution < 1.29 is 9.90 Å². The molecule has 0 aliphatic heterocycles. The van der Waals surface area contributed by atoms with Crippen molar-refractivity contribution in [2.45, 2.75) is 26.2 Å². The molecule has 1 fully saturated rings. The monoisotopic (exact) mass is 272 g/mol. The summed E-state index contributed by atoms with van der Waals surface area (Å²) in [4.78, 5) is 16.1. The van der Waals surface area contributed by atoms with Crippen LogP contribution in [0.1, 0.15) is 42.1 Å². The van der Waals surface area contributed by atoms with Gasteiger partial charge in [0.25, 0.3) is 5.91 Å². The van der Waals surface area contributed by atoms with Crippen LogP contribution in [0, 0.1) is 23.7 Å². The van der Waals surface area contributed by atoms with Crippen LogP contribution in [0.4, 0.5) is 0 Å². The zero-order chi connectivity index (χ0) is 14.4. The zero-order valence-electron chi connectivity index (χ0n) is 11.7. The number of amides is 1. The lowest BCUT2D eigenvalue weighted by Gasteiger charge is -2.11. The van der Waals surface area contributed by atoms with Gasteiger partial charge in [-0.25, -0.2) is 0 Å². The predicted molar refractivity (Wildman–Crippen MR) is 77.0 cm³/mol. The highest BCUT2D eigenvalue weighted by atomic mass is 16.2. The largest absolute Gasteiger partial charge is 0.395 e. The molecule has 0 aromatic carbocycles. The van der Waals surface area contributed by atoms with Gasteiger partial charge in [0.15, 0.2) is 0 Å². The highest BCUT2D eigenvalue weighted by molar-refractivity contribution is 5.94. The van der Waals surface area contributed by atoms with Crippen molar-refractivity contribution in [1.29, 1.82) is 0 Å². The SMILES string of the molecule is CC(CNC(=O)c1cncc(C#CCCO)c1)C1CC1. The van der Waals surface area contributed by atoms with E-state index in [0.29, 0.717) is 30.0 Å². The maximum atomic E-state index is 12.0. The lowest BCUT2D eigenvalue weighted by Crippen LogP contribution is -2.29. The molecule has 1 aromatic heterocycles. The summed E-state index contributed by atoms with van der Waals surface area (Å²) in [6.45, 7) is 2.93. The molecule has 1 atom stereocenters. The van der Waals surface area contributed by atoms with Gasteiger partial charge < -0.3 is 10.4 Å². The molecule has 4 nitrogen and oxygen atoms in total. The fourth-order valence-electron chi connectivity index (χ4n) is 2.04. The quantitative estimate of drug-likeness (QED) is 0.800. The second-order valence-corrected chi connectivity index (χ2v) is 5.26. The molecule has 0 bridgehead atoms. The second kappa shape index (κ2) is 7.06. The van der Waals surface area contributed by atoms with Gasteiger partial charge in [0.2, 0.25) is 0 Å². The minimum absolute atomic E-state index is 0.0413. The summed E-state index contributed by atoms with van der Waals surface area (Å²) < 4.78 is 0. The molecule has 1 heterocycles. The van der Waals surface area contributed by atoms with Crippen LogP contribution in [0.3, 0.4) is 0 Å². The standard InChI is InChI=1S/C16H20N2O2/c1-12(14-5-6-14)9-18-16(20)15-8-13(10-17-11-15)4-2-3-7-19/h8,10-12,14,19H,3,5-7,9H2,1H3,(H,18,20). The van der Waals surface area contributed by atoms with E-state index in [0.717, 1.165) is 5.92 Å². The molecule has 2 rings (SSSR count). The normalized spacial score (nSPS) is 15.1. The minimum Gasteiger partial charge on any atom is -0.395 e. The number of rotatable bonds is 5. The summed E-state index contributed by atoms with van der Waals surface area (Å²) in [5.41, 5.74) is 1.23. The Morgan fingerprint density at radius 1 is 1.55 bits per heavy atom. The first kappa shape index (κ1) is 14.5. The molecule has 1 aliphatic carbocycles. The Morgan fingerprint density at radius 3 is 3.05 bits per heavy atom. The summed E-state index contributed by atoms with van der Waals surface area (Å²) >= 11 is 0. The first-order chi connectivity index (χ1) is 9.70. The number of aliphatic hydroxyl groups is 1. The second-order valence-electron chi connectivity index (χ2n) is 5.26. The van der Waals surface area contributed by atoms with Crippen LogP contribution >= 0.6 is 0 Å². The number of nitrogens with zero attached hydrogens (tertiary/aromatic N) is 1. The third kappa shape index (κ3) is 4.36. The topological polar surface area (TPSA) is 62.2 Å². The summed E-state index contributed by atoms with van der Waals surface area (Å²) in [6.07, 6.45) is 6.17. The Bertz CT molecular complexity index is 527. The highest BCUT2D eigenvalue weighted by Gasteiger charge is 2.27. The van der Waals surface area contributed by atoms with E-state index < -0.39 is 0 Å². The van der Waals surface area contributed by atoms with Gasteiger partial charge in [-0.15, -0.1) is 0 Å². The van der Waals surface area contributed by atoms with Crippen LogP contribution in [-0.2, 0) is 0 Å². The lowest BCUT2D eigenvalue weighted by molar-refractivity contribution is 0.0946. The average molecular weight is 272 g/mol. The van der Waals surface area contributed by atoms with Crippen molar-refractivity contribution >= 4 is 5.91 Å². The minimum atomic E-state index is -0.101. The number of aromatic nitrogens is 1. The average Bonchev–Trinajstić information content (AvgIpc) is 3.29. The molecule has 106 valence electrons. The number of nitrogens with one attached hydrogen (secondary N) is 1. The van der Waals surface area contributed by atoms with Crippen molar-refractivity contribution in [1.82, 2.24) is 10.3 Å². The van der Waals surface area contributed by atoms with Gasteiger partial charge in [0.05, 0.1) is 12.2 Å². The first-order valence-corrected chi connectivity index (χ1v) is 7.03. The molecule has 4 heteroatoms. The zero-order valence-corrected chi connectivity index (χ0v) is 11.7. The van der Waals surface area contributed by atoms with Crippen molar-refractivity contribution in [3.63, 3.8) is 0 Å². The van der Waals surface area contributed by atoms with Crippen LogP contribution in [0.2, 0.25) is 0 Å². The van der Waals surface area contributed by atoms with E-state index in [-0.39, 0.29) is 12.5 Å². The van der Waals surface area contributed by atoms with Crippen molar-refractivity contribution in [3.05, 3.63) is 29.6 Å². The molecule has 0 spiro atoms. The summed E-state index contributed by atoms with van der Waals surface area (Å²) in [7, 11) is 0. The fraction of sp³-hybridized carbons (Fsp3) is 0.500. The number of carbonyl (C=O) groups excluding carboxylic acids is 1. The van der Waals surface area contributed by atoms with Crippen LogP contribution in [0.5, 0.6) is 0 Å². The molecule has 1 saturated carbocycles. The van der Waals surface area contributed by atoms with Gasteiger partial charge in [0, 0.05) is 30.9 Å². The number of hydrogen-bond acceptors (Lipinski definition) is 3. The highest BCUT2D eigenvalue weighted by Crippen LogP contribution is 2.36. The Kier molecular flexibility index (Phi) is 5.14. The molecular weight excluding hydrogens is 252 g/mol. The maximum absolute atomic E-state index is 12.0. The van der Waals surface area contributed by atoms with Crippen LogP contribution < -0.4 is 5.32 Å². The molecule has 20 heavy (non-hydrogen) atoms. The van der Waals surface area contributed by atoms with E-state index in [9.17, 15) is 4.79 Å². The van der Waals surface area contributed by atoms with E-state index in [4.69, 9.17) is 5.11 Å². The number of pyridine rings is 1. The van der Waals surface area contributed by atoms with E-state index >= 15 is 0 Å². The van der Waals surface area contributed by atoms with Gasteiger partial charge in [-0.2, -0.15) is 0 Å². The number of hydrogen-bond donors (Lipinski definition) is 2. The molecule has 1 unspecified atom stereocenters. The van der Waals surface area contributed by atoms with E-state index in [2.05, 4.69) is 29.1 Å². The Morgan fingerprint density at radius 2 is 2.35 bits per heavy atom. The molecule has 1 aromatic rings. The number of carbonyl (C=O) groups is 1. The van der Waals surface area contributed by atoms with Gasteiger partial charge >= 0.3 is 0 Å². The number of aliphatic hydroxyl groups excluding tert-OH is 1. The molecule has 2 N–H and O–H groups in total. The lowest BCUT2D eigenvalue weighted by atomic mass is 10.1. The Labute approximate surface area is 119 Å². The van der Waals surface area contributed by atoms with Crippen molar-refractivity contribution in [2.24, 2.45) is 11.8 Å². The van der Waals surface area contributed by atoms with E-state index in [1.165, 1.54) is 12.8 Å². The molecular formula is C16H20N2O2. The third-order valence-corrected chi connectivity index (χ3v) is 3.48. The first-order valence-electron chi connectivity index (χ1n) is 7.03. The molecule has 1 aliphatic rings. The van der Waals surface area contributed by atoms with Crippen molar-refractivity contribution in [2.75, 3.05) is 13.2 Å².